The number of nitrogens with zero attached hydrogens (tertiary/aromatic N) is 4. The molecule has 0 radical (unpaired) electrons. The maximum Gasteiger partial charge on any atom is 0.243 e. The van der Waals surface area contributed by atoms with Crippen LogP contribution in [-0.4, -0.2) is 47.3 Å². The molecule has 0 aliphatic carbocycles. The van der Waals surface area contributed by atoms with Gasteiger partial charge in [-0.1, -0.05) is 0 Å². The molecule has 7 nitrogen and oxygen atoms in total. The maximum atomic E-state index is 12.2. The molecule has 1 N–H and O–H groups in total. The van der Waals surface area contributed by atoms with Gasteiger partial charge in [0.1, 0.15) is 4.90 Å². The molecule has 3 rings (SSSR count). The zero-order valence-electron chi connectivity index (χ0n) is 13.5. The highest BCUT2D eigenvalue weighted by atomic mass is 32.2. The van der Waals surface area contributed by atoms with Crippen LogP contribution in [0.15, 0.2) is 35.6 Å². The summed E-state index contributed by atoms with van der Waals surface area (Å²) in [5.74, 6) is 0. The van der Waals surface area contributed by atoms with Crippen LogP contribution in [0.1, 0.15) is 24.6 Å². The van der Waals surface area contributed by atoms with Gasteiger partial charge in [-0.05, 0) is 31.5 Å². The summed E-state index contributed by atoms with van der Waals surface area (Å²) >= 11 is 0. The summed E-state index contributed by atoms with van der Waals surface area (Å²) in [6.07, 6.45) is 7.19. The van der Waals surface area contributed by atoms with Crippen molar-refractivity contribution in [2.75, 3.05) is 19.6 Å². The van der Waals surface area contributed by atoms with Gasteiger partial charge in [0, 0.05) is 45.3 Å². The van der Waals surface area contributed by atoms with Crippen LogP contribution < -0.4 is 4.72 Å². The molecule has 23 heavy (non-hydrogen) atoms. The first-order chi connectivity index (χ1) is 11.0. The second kappa shape index (κ2) is 6.46. The van der Waals surface area contributed by atoms with Gasteiger partial charge in [0.05, 0.1) is 12.2 Å². The molecule has 1 saturated heterocycles. The molecule has 2 aromatic rings. The molecule has 1 fully saturated rings. The van der Waals surface area contributed by atoms with Crippen molar-refractivity contribution >= 4 is 10.0 Å². The van der Waals surface area contributed by atoms with Gasteiger partial charge >= 0.3 is 0 Å². The van der Waals surface area contributed by atoms with E-state index in [1.165, 1.54) is 22.8 Å². The summed E-state index contributed by atoms with van der Waals surface area (Å²) in [7, 11) is 0.279. The van der Waals surface area contributed by atoms with Gasteiger partial charge < -0.3 is 4.57 Å². The Hall–Kier alpha value is -1.64. The first-order valence-corrected chi connectivity index (χ1v) is 9.29. The number of nitrogens with one attached hydrogen (secondary N) is 1. The van der Waals surface area contributed by atoms with Crippen LogP contribution in [-0.2, 0) is 24.1 Å². The minimum atomic E-state index is -3.48. The summed E-state index contributed by atoms with van der Waals surface area (Å²) in [5, 5.41) is 3.91. The quantitative estimate of drug-likeness (QED) is 0.849. The first-order valence-electron chi connectivity index (χ1n) is 7.81. The average molecular weight is 337 g/mol. The Labute approximate surface area is 136 Å². The maximum absolute atomic E-state index is 12.2. The Morgan fingerprint density at radius 1 is 1.39 bits per heavy atom. The van der Waals surface area contributed by atoms with E-state index in [0.29, 0.717) is 19.1 Å². The van der Waals surface area contributed by atoms with Gasteiger partial charge in [-0.25, -0.2) is 13.1 Å². The highest BCUT2D eigenvalue weighted by molar-refractivity contribution is 7.89. The highest BCUT2D eigenvalue weighted by Crippen LogP contribution is 2.31. The van der Waals surface area contributed by atoms with Crippen LogP contribution in [0.2, 0.25) is 0 Å². The SMILES string of the molecule is Cn1cc(S(=O)(=O)NCCN2CCC[C@H]2c2cccn2C)cn1. The fraction of sp³-hybridized carbons (Fsp3) is 0.533. The minimum Gasteiger partial charge on any atom is -0.353 e. The third kappa shape index (κ3) is 3.49. The van der Waals surface area contributed by atoms with Crippen molar-refractivity contribution in [1.29, 1.82) is 0 Å². The lowest BCUT2D eigenvalue weighted by Crippen LogP contribution is -2.35. The molecular weight excluding hydrogens is 314 g/mol. The lowest BCUT2D eigenvalue weighted by molar-refractivity contribution is 0.254. The van der Waals surface area contributed by atoms with Crippen LogP contribution in [0, 0.1) is 0 Å². The predicted octanol–water partition coefficient (Wildman–Crippen LogP) is 0.874. The molecule has 0 bridgehead atoms. The number of aryl methyl sites for hydroxylation is 2. The van der Waals surface area contributed by atoms with Crippen molar-refractivity contribution in [2.24, 2.45) is 14.1 Å². The van der Waals surface area contributed by atoms with Crippen LogP contribution in [0.5, 0.6) is 0 Å². The summed E-state index contributed by atoms with van der Waals surface area (Å²) < 4.78 is 30.7. The summed E-state index contributed by atoms with van der Waals surface area (Å²) in [6.45, 7) is 2.11. The van der Waals surface area contributed by atoms with E-state index in [9.17, 15) is 8.42 Å². The molecule has 0 aromatic carbocycles. The van der Waals surface area contributed by atoms with Crippen molar-refractivity contribution in [2.45, 2.75) is 23.8 Å². The van der Waals surface area contributed by atoms with E-state index < -0.39 is 10.0 Å². The van der Waals surface area contributed by atoms with Crippen LogP contribution in [0.25, 0.3) is 0 Å². The van der Waals surface area contributed by atoms with Crippen molar-refractivity contribution in [3.05, 3.63) is 36.4 Å². The lowest BCUT2D eigenvalue weighted by Gasteiger charge is -2.25. The number of sulfonamides is 1. The van der Waals surface area contributed by atoms with Gasteiger partial charge in [0.15, 0.2) is 0 Å². The second-order valence-corrected chi connectivity index (χ2v) is 7.75. The van der Waals surface area contributed by atoms with Gasteiger partial charge in [0.2, 0.25) is 10.0 Å². The number of rotatable bonds is 6. The third-order valence-electron chi connectivity index (χ3n) is 4.37. The molecule has 1 aliphatic rings. The number of hydrogen-bond acceptors (Lipinski definition) is 4. The molecule has 1 aliphatic heterocycles. The largest absolute Gasteiger partial charge is 0.353 e. The van der Waals surface area contributed by atoms with Gasteiger partial charge in [0.25, 0.3) is 0 Å². The Balaban J connectivity index is 1.59. The van der Waals surface area contributed by atoms with Gasteiger partial charge in [-0.15, -0.1) is 0 Å². The molecule has 1 atom stereocenters. The third-order valence-corrected chi connectivity index (χ3v) is 5.79. The number of likely N-dealkylation sites (tertiary alicyclic amines) is 1. The van der Waals surface area contributed by atoms with Crippen LogP contribution in [0.4, 0.5) is 0 Å². The average Bonchev–Trinajstić information content (AvgIpc) is 3.20. The first kappa shape index (κ1) is 16.2. The number of hydrogen-bond donors (Lipinski definition) is 1. The van der Waals surface area contributed by atoms with Crippen LogP contribution in [0.3, 0.4) is 0 Å². The van der Waals surface area contributed by atoms with Crippen molar-refractivity contribution < 1.29 is 8.42 Å². The Kier molecular flexibility index (Phi) is 4.56. The molecule has 0 spiro atoms. The molecule has 2 aromatic heterocycles. The van der Waals surface area contributed by atoms with E-state index in [1.54, 1.807) is 7.05 Å². The molecule has 126 valence electrons. The van der Waals surface area contributed by atoms with Gasteiger partial charge in [-0.2, -0.15) is 5.10 Å². The minimum absolute atomic E-state index is 0.209. The fourth-order valence-corrected chi connectivity index (χ4v) is 4.20. The normalized spacial score (nSPS) is 19.5. The van der Waals surface area contributed by atoms with E-state index in [0.717, 1.165) is 19.4 Å². The monoisotopic (exact) mass is 337 g/mol. The standard InChI is InChI=1S/C15H23N5O2S/c1-18-8-3-5-14(18)15-6-4-9-20(15)10-7-17-23(21,22)13-11-16-19(2)12-13/h3,5,8,11-12,15,17H,4,6-7,9-10H2,1-2H3/t15-/m0/s1. The smallest absolute Gasteiger partial charge is 0.243 e. The molecular formula is C15H23N5O2S. The topological polar surface area (TPSA) is 72.2 Å². The summed E-state index contributed by atoms with van der Waals surface area (Å²) in [5.41, 5.74) is 1.29. The number of aromatic nitrogens is 3. The van der Waals surface area contributed by atoms with Crippen molar-refractivity contribution in [3.63, 3.8) is 0 Å². The molecule has 0 saturated carbocycles. The zero-order valence-corrected chi connectivity index (χ0v) is 14.3. The highest BCUT2D eigenvalue weighted by Gasteiger charge is 2.27. The second-order valence-electron chi connectivity index (χ2n) is 5.99. The summed E-state index contributed by atoms with van der Waals surface area (Å²) in [6, 6.07) is 4.57. The molecule has 8 heteroatoms. The molecule has 3 heterocycles. The van der Waals surface area contributed by atoms with E-state index in [1.807, 2.05) is 0 Å². The van der Waals surface area contributed by atoms with E-state index in [-0.39, 0.29) is 4.90 Å². The lowest BCUT2D eigenvalue weighted by atomic mass is 10.1. The Morgan fingerprint density at radius 3 is 2.87 bits per heavy atom. The van der Waals surface area contributed by atoms with Crippen LogP contribution >= 0.6 is 0 Å². The predicted molar refractivity (Wildman–Crippen MR) is 87.4 cm³/mol. The molecule has 0 amide bonds. The molecule has 0 unspecified atom stereocenters. The Morgan fingerprint density at radius 2 is 2.22 bits per heavy atom. The van der Waals surface area contributed by atoms with E-state index >= 15 is 0 Å². The van der Waals surface area contributed by atoms with Gasteiger partial charge in [-0.3, -0.25) is 9.58 Å². The zero-order chi connectivity index (χ0) is 16.4. The van der Waals surface area contributed by atoms with E-state index in [4.69, 9.17) is 0 Å². The van der Waals surface area contributed by atoms with Crippen molar-refractivity contribution in [3.8, 4) is 0 Å². The fourth-order valence-electron chi connectivity index (χ4n) is 3.19. The Bertz CT molecular complexity index is 764. The van der Waals surface area contributed by atoms with Crippen molar-refractivity contribution in [1.82, 2.24) is 24.0 Å². The summed E-state index contributed by atoms with van der Waals surface area (Å²) in [4.78, 5) is 2.56. The van der Waals surface area contributed by atoms with E-state index in [2.05, 4.69) is 44.7 Å².